The molecule has 0 aliphatic heterocycles. The molecule has 0 saturated heterocycles. The van der Waals surface area contributed by atoms with Crippen molar-refractivity contribution in [2.75, 3.05) is 6.61 Å². The topological polar surface area (TPSA) is 64.1 Å². The van der Waals surface area contributed by atoms with Crippen molar-refractivity contribution in [3.8, 4) is 5.88 Å². The molecule has 2 aromatic heterocycles. The number of hydrogen-bond acceptors (Lipinski definition) is 5. The Kier molecular flexibility index (Phi) is 5.34. The first-order valence-corrected chi connectivity index (χ1v) is 10.3. The number of carbonyl (C=O) groups excluding carboxylic acids is 1. The van der Waals surface area contributed by atoms with Gasteiger partial charge < -0.3 is 10.1 Å². The van der Waals surface area contributed by atoms with Crippen LogP contribution in [-0.2, 0) is 17.6 Å². The van der Waals surface area contributed by atoms with E-state index >= 15 is 0 Å². The predicted octanol–water partition coefficient (Wildman–Crippen LogP) is 4.22. The van der Waals surface area contributed by atoms with Gasteiger partial charge in [-0.3, -0.25) is 4.79 Å². The van der Waals surface area contributed by atoms with Gasteiger partial charge in [0.2, 0.25) is 5.88 Å². The number of nitrogens with one attached hydrogen (secondary N) is 1. The summed E-state index contributed by atoms with van der Waals surface area (Å²) in [4.78, 5) is 23.4. The zero-order valence-electron chi connectivity index (χ0n) is 15.4. The number of rotatable bonds is 5. The standard InChI is InChI=1S/C21H23N3O2S/c1-14(15-8-4-2-5-9-15)24-18(25)12-26-20-19-16-10-6-3-7-11-17(16)27-21(19)23-13-22-20/h2,4-5,8-9,13-14H,3,6-7,10-12H2,1H3,(H,24,25). The van der Waals surface area contributed by atoms with Gasteiger partial charge in [-0.1, -0.05) is 36.8 Å². The highest BCUT2D eigenvalue weighted by atomic mass is 32.1. The van der Waals surface area contributed by atoms with Gasteiger partial charge in [-0.2, -0.15) is 0 Å². The van der Waals surface area contributed by atoms with Gasteiger partial charge in [0.15, 0.2) is 6.61 Å². The molecular formula is C21H23N3O2S. The number of ether oxygens (including phenoxy) is 1. The zero-order valence-corrected chi connectivity index (χ0v) is 16.2. The van der Waals surface area contributed by atoms with E-state index in [0.717, 1.165) is 28.6 Å². The molecule has 2 heterocycles. The summed E-state index contributed by atoms with van der Waals surface area (Å²) in [6.07, 6.45) is 7.33. The van der Waals surface area contributed by atoms with Crippen LogP contribution >= 0.6 is 11.3 Å². The predicted molar refractivity (Wildman–Crippen MR) is 107 cm³/mol. The maximum absolute atomic E-state index is 12.3. The van der Waals surface area contributed by atoms with Crippen LogP contribution in [-0.4, -0.2) is 22.5 Å². The fourth-order valence-corrected chi connectivity index (χ4v) is 4.81. The van der Waals surface area contributed by atoms with Gasteiger partial charge in [0.25, 0.3) is 5.91 Å². The molecule has 0 radical (unpaired) electrons. The van der Waals surface area contributed by atoms with E-state index in [-0.39, 0.29) is 18.6 Å². The van der Waals surface area contributed by atoms with Crippen LogP contribution in [0, 0.1) is 0 Å². The molecule has 5 nitrogen and oxygen atoms in total. The van der Waals surface area contributed by atoms with Crippen LogP contribution in [0.25, 0.3) is 10.2 Å². The van der Waals surface area contributed by atoms with Crippen molar-refractivity contribution in [2.45, 2.75) is 45.1 Å². The number of benzene rings is 1. The maximum atomic E-state index is 12.3. The minimum Gasteiger partial charge on any atom is -0.467 e. The Morgan fingerprint density at radius 3 is 2.85 bits per heavy atom. The van der Waals surface area contributed by atoms with Crippen LogP contribution in [0.3, 0.4) is 0 Å². The summed E-state index contributed by atoms with van der Waals surface area (Å²) in [6.45, 7) is 1.92. The van der Waals surface area contributed by atoms with E-state index in [1.807, 2.05) is 37.3 Å². The Balaban J connectivity index is 1.47. The van der Waals surface area contributed by atoms with Crippen LogP contribution in [0.1, 0.15) is 48.2 Å². The summed E-state index contributed by atoms with van der Waals surface area (Å²) >= 11 is 1.74. The molecule has 1 amide bonds. The van der Waals surface area contributed by atoms with Crippen molar-refractivity contribution < 1.29 is 9.53 Å². The second-order valence-electron chi connectivity index (χ2n) is 6.91. The van der Waals surface area contributed by atoms with Gasteiger partial charge in [-0.25, -0.2) is 9.97 Å². The first-order valence-electron chi connectivity index (χ1n) is 9.44. The molecule has 1 aliphatic carbocycles. The molecular weight excluding hydrogens is 358 g/mol. The lowest BCUT2D eigenvalue weighted by molar-refractivity contribution is -0.123. The number of carbonyl (C=O) groups is 1. The molecule has 1 atom stereocenters. The highest BCUT2D eigenvalue weighted by molar-refractivity contribution is 7.18. The first-order chi connectivity index (χ1) is 13.2. The number of hydrogen-bond donors (Lipinski definition) is 1. The number of thiophene rings is 1. The lowest BCUT2D eigenvalue weighted by Crippen LogP contribution is -2.31. The summed E-state index contributed by atoms with van der Waals surface area (Å²) in [5.41, 5.74) is 2.39. The molecule has 1 unspecified atom stereocenters. The summed E-state index contributed by atoms with van der Waals surface area (Å²) in [5, 5.41) is 3.98. The van der Waals surface area contributed by atoms with E-state index < -0.39 is 0 Å². The van der Waals surface area contributed by atoms with E-state index in [1.165, 1.54) is 36.0 Å². The molecule has 6 heteroatoms. The fraction of sp³-hybridized carbons (Fsp3) is 0.381. The van der Waals surface area contributed by atoms with Crippen LogP contribution in [0.4, 0.5) is 0 Å². The number of amides is 1. The van der Waals surface area contributed by atoms with Gasteiger partial charge in [-0.15, -0.1) is 11.3 Å². The van der Waals surface area contributed by atoms with Crippen molar-refractivity contribution in [3.63, 3.8) is 0 Å². The van der Waals surface area contributed by atoms with Crippen molar-refractivity contribution in [1.82, 2.24) is 15.3 Å². The Labute approximate surface area is 162 Å². The van der Waals surface area contributed by atoms with Crippen molar-refractivity contribution >= 4 is 27.5 Å². The number of aromatic nitrogens is 2. The van der Waals surface area contributed by atoms with E-state index in [1.54, 1.807) is 11.3 Å². The second-order valence-corrected chi connectivity index (χ2v) is 8.00. The summed E-state index contributed by atoms with van der Waals surface area (Å²) in [5.74, 6) is 0.376. The van der Waals surface area contributed by atoms with Gasteiger partial charge >= 0.3 is 0 Å². The Hall–Kier alpha value is -2.47. The molecule has 4 rings (SSSR count). The van der Waals surface area contributed by atoms with Crippen molar-refractivity contribution in [2.24, 2.45) is 0 Å². The van der Waals surface area contributed by atoms with Crippen LogP contribution in [0.15, 0.2) is 36.7 Å². The quantitative estimate of drug-likeness (QED) is 0.672. The number of aryl methyl sites for hydroxylation is 2. The van der Waals surface area contributed by atoms with E-state index in [2.05, 4.69) is 15.3 Å². The largest absolute Gasteiger partial charge is 0.467 e. The Morgan fingerprint density at radius 2 is 2.00 bits per heavy atom. The molecule has 0 bridgehead atoms. The monoisotopic (exact) mass is 381 g/mol. The maximum Gasteiger partial charge on any atom is 0.258 e. The molecule has 3 aromatic rings. The molecule has 27 heavy (non-hydrogen) atoms. The minimum absolute atomic E-state index is 0.0477. The van der Waals surface area contributed by atoms with Gasteiger partial charge in [0.1, 0.15) is 11.2 Å². The number of fused-ring (bicyclic) bond motifs is 3. The average molecular weight is 382 g/mol. The smallest absolute Gasteiger partial charge is 0.258 e. The van der Waals surface area contributed by atoms with Gasteiger partial charge in [-0.05, 0) is 43.7 Å². The van der Waals surface area contributed by atoms with Crippen LogP contribution in [0.5, 0.6) is 5.88 Å². The highest BCUT2D eigenvalue weighted by Crippen LogP contribution is 2.38. The third kappa shape index (κ3) is 3.95. The highest BCUT2D eigenvalue weighted by Gasteiger charge is 2.20. The van der Waals surface area contributed by atoms with E-state index in [9.17, 15) is 4.79 Å². The molecule has 0 fully saturated rings. The molecule has 1 aromatic carbocycles. The molecule has 1 N–H and O–H groups in total. The molecule has 0 spiro atoms. The lowest BCUT2D eigenvalue weighted by atomic mass is 10.1. The normalized spacial score (nSPS) is 15.0. The molecule has 140 valence electrons. The van der Waals surface area contributed by atoms with Crippen LogP contribution in [0.2, 0.25) is 0 Å². The van der Waals surface area contributed by atoms with Gasteiger partial charge in [0, 0.05) is 4.88 Å². The molecule has 0 saturated carbocycles. The van der Waals surface area contributed by atoms with Crippen LogP contribution < -0.4 is 10.1 Å². The summed E-state index contributed by atoms with van der Waals surface area (Å²) < 4.78 is 5.83. The Bertz CT molecular complexity index is 939. The SMILES string of the molecule is CC(NC(=O)COc1ncnc2sc3c(c12)CCCCC3)c1ccccc1. The minimum atomic E-state index is -0.153. The second kappa shape index (κ2) is 8.05. The third-order valence-electron chi connectivity index (χ3n) is 4.98. The Morgan fingerprint density at radius 1 is 1.19 bits per heavy atom. The third-order valence-corrected chi connectivity index (χ3v) is 6.18. The lowest BCUT2D eigenvalue weighted by Gasteiger charge is -2.14. The summed E-state index contributed by atoms with van der Waals surface area (Å²) in [7, 11) is 0. The van der Waals surface area contributed by atoms with Crippen molar-refractivity contribution in [3.05, 3.63) is 52.7 Å². The van der Waals surface area contributed by atoms with Crippen molar-refractivity contribution in [1.29, 1.82) is 0 Å². The zero-order chi connectivity index (χ0) is 18.6. The molecule has 1 aliphatic rings. The van der Waals surface area contributed by atoms with E-state index in [0.29, 0.717) is 5.88 Å². The van der Waals surface area contributed by atoms with Gasteiger partial charge in [0.05, 0.1) is 11.4 Å². The summed E-state index contributed by atoms with van der Waals surface area (Å²) in [6, 6.07) is 9.83. The first kappa shape index (κ1) is 17.9. The van der Waals surface area contributed by atoms with E-state index in [4.69, 9.17) is 4.74 Å². The fourth-order valence-electron chi connectivity index (χ4n) is 3.59. The number of nitrogens with zero attached hydrogens (tertiary/aromatic N) is 2. The average Bonchev–Trinajstić information content (AvgIpc) is 2.89.